The highest BCUT2D eigenvalue weighted by atomic mass is 35.5. The monoisotopic (exact) mass is 405 g/mol. The van der Waals surface area contributed by atoms with Gasteiger partial charge >= 0.3 is 0 Å². The number of nitrogens with one attached hydrogen (secondary N) is 2. The van der Waals surface area contributed by atoms with Gasteiger partial charge in [-0.25, -0.2) is 13.5 Å². The second kappa shape index (κ2) is 7.01. The summed E-state index contributed by atoms with van der Waals surface area (Å²) in [5.41, 5.74) is 2.07. The molecule has 2 heterocycles. The lowest BCUT2D eigenvalue weighted by Gasteiger charge is -2.33. The number of anilines is 1. The Labute approximate surface area is 164 Å². The van der Waals surface area contributed by atoms with E-state index in [0.717, 1.165) is 11.3 Å². The highest BCUT2D eigenvalue weighted by Crippen LogP contribution is 2.47. The van der Waals surface area contributed by atoms with Gasteiger partial charge in [0.1, 0.15) is 5.82 Å². The van der Waals surface area contributed by atoms with Crippen molar-refractivity contribution in [1.29, 1.82) is 0 Å². The van der Waals surface area contributed by atoms with Gasteiger partial charge in [-0.15, -0.1) is 0 Å². The molecule has 0 unspecified atom stereocenters. The van der Waals surface area contributed by atoms with Gasteiger partial charge in [-0.1, -0.05) is 17.7 Å². The predicted octanol–water partition coefficient (Wildman–Crippen LogP) is 4.50. The molecule has 1 atom stereocenters. The first-order valence-electron chi connectivity index (χ1n) is 8.85. The van der Waals surface area contributed by atoms with Crippen LogP contribution in [-0.4, -0.2) is 31.8 Å². The van der Waals surface area contributed by atoms with Gasteiger partial charge in [0.15, 0.2) is 0 Å². The molecule has 1 fully saturated rings. The van der Waals surface area contributed by atoms with Crippen molar-refractivity contribution in [3.8, 4) is 5.69 Å². The Hall–Kier alpha value is -2.74. The van der Waals surface area contributed by atoms with Crippen molar-refractivity contribution in [2.45, 2.75) is 37.5 Å². The van der Waals surface area contributed by atoms with Crippen LogP contribution in [0.4, 0.5) is 14.6 Å². The fourth-order valence-corrected chi connectivity index (χ4v) is 3.38. The number of hydrogen-bond acceptors (Lipinski definition) is 3. The Morgan fingerprint density at radius 2 is 2.18 bits per heavy atom. The van der Waals surface area contributed by atoms with Crippen LogP contribution < -0.4 is 5.32 Å². The van der Waals surface area contributed by atoms with E-state index in [2.05, 4.69) is 20.6 Å². The molecule has 0 saturated heterocycles. The topological polar surface area (TPSA) is 75.6 Å². The van der Waals surface area contributed by atoms with Crippen LogP contribution in [0.1, 0.15) is 42.9 Å². The van der Waals surface area contributed by atoms with Crippen LogP contribution in [0, 0.1) is 0 Å². The molecule has 0 radical (unpaired) electrons. The summed E-state index contributed by atoms with van der Waals surface area (Å²) in [4.78, 5) is 12.5. The lowest BCUT2D eigenvalue weighted by Crippen LogP contribution is -2.33. The standard InChI is InChI=1S/C19H18ClF2N5O/c1-11(13-9-23-27(10-13)15-4-2-3-14(20)5-15)18(28)24-17-6-16(25-26-17)12-7-19(21,22)8-12/h2-6,9-12H,7-8H2,1H3,(H2,24,25,26,28)/t11-/m0/s1. The first-order chi connectivity index (χ1) is 13.3. The van der Waals surface area contributed by atoms with E-state index in [0.29, 0.717) is 16.5 Å². The van der Waals surface area contributed by atoms with Crippen LogP contribution in [0.25, 0.3) is 5.69 Å². The highest BCUT2D eigenvalue weighted by molar-refractivity contribution is 6.30. The van der Waals surface area contributed by atoms with Crippen LogP contribution in [-0.2, 0) is 4.79 Å². The quantitative estimate of drug-likeness (QED) is 0.656. The number of halogens is 3. The number of carbonyl (C=O) groups excluding carboxylic acids is 1. The minimum absolute atomic E-state index is 0.204. The van der Waals surface area contributed by atoms with Crippen LogP contribution in [0.2, 0.25) is 5.02 Å². The molecule has 1 aliphatic rings. The van der Waals surface area contributed by atoms with Crippen LogP contribution in [0.5, 0.6) is 0 Å². The number of aromatic amines is 1. The molecule has 146 valence electrons. The zero-order valence-corrected chi connectivity index (χ0v) is 15.8. The Morgan fingerprint density at radius 3 is 2.89 bits per heavy atom. The largest absolute Gasteiger partial charge is 0.311 e. The molecule has 0 aliphatic heterocycles. The number of benzene rings is 1. The molecule has 0 spiro atoms. The van der Waals surface area contributed by atoms with Gasteiger partial charge in [0.25, 0.3) is 0 Å². The van der Waals surface area contributed by atoms with Crippen molar-refractivity contribution in [1.82, 2.24) is 20.0 Å². The average molecular weight is 406 g/mol. The minimum atomic E-state index is -2.61. The number of carbonyl (C=O) groups is 1. The summed E-state index contributed by atoms with van der Waals surface area (Å²) in [6.07, 6.45) is 2.99. The normalized spacial score (nSPS) is 17.1. The fourth-order valence-electron chi connectivity index (χ4n) is 3.19. The Bertz CT molecular complexity index is 1010. The van der Waals surface area contributed by atoms with Crippen molar-refractivity contribution in [2.75, 3.05) is 5.32 Å². The number of amides is 1. The molecule has 28 heavy (non-hydrogen) atoms. The van der Waals surface area contributed by atoms with E-state index >= 15 is 0 Å². The summed E-state index contributed by atoms with van der Waals surface area (Å²) < 4.78 is 27.7. The Morgan fingerprint density at radius 1 is 1.39 bits per heavy atom. The van der Waals surface area contributed by atoms with E-state index in [1.165, 1.54) is 0 Å². The number of nitrogens with zero attached hydrogens (tertiary/aromatic N) is 3. The second-order valence-electron chi connectivity index (χ2n) is 7.08. The maximum Gasteiger partial charge on any atom is 0.249 e. The molecule has 4 rings (SSSR count). The number of rotatable bonds is 5. The smallest absolute Gasteiger partial charge is 0.249 e. The summed E-state index contributed by atoms with van der Waals surface area (Å²) >= 11 is 6.00. The molecule has 2 aromatic heterocycles. The van der Waals surface area contributed by atoms with Crippen molar-refractivity contribution >= 4 is 23.3 Å². The number of alkyl halides is 2. The van der Waals surface area contributed by atoms with E-state index in [4.69, 9.17) is 11.6 Å². The van der Waals surface area contributed by atoms with Crippen LogP contribution in [0.15, 0.2) is 42.7 Å². The van der Waals surface area contributed by atoms with Gasteiger partial charge in [-0.2, -0.15) is 10.2 Å². The fraction of sp³-hybridized carbons (Fsp3) is 0.316. The molecular formula is C19H18ClF2N5O. The SMILES string of the molecule is C[C@H](C(=O)Nc1cc(C2CC(F)(F)C2)n[nH]1)c1cnn(-c2cccc(Cl)c2)c1. The lowest BCUT2D eigenvalue weighted by molar-refractivity contribution is -0.117. The zero-order chi connectivity index (χ0) is 19.9. The highest BCUT2D eigenvalue weighted by Gasteiger charge is 2.46. The van der Waals surface area contributed by atoms with Gasteiger partial charge < -0.3 is 5.32 Å². The number of hydrogen-bond donors (Lipinski definition) is 2. The van der Waals surface area contributed by atoms with Gasteiger partial charge in [0.05, 0.1) is 23.5 Å². The van der Waals surface area contributed by atoms with Gasteiger partial charge in [-0.3, -0.25) is 9.89 Å². The third-order valence-corrected chi connectivity index (χ3v) is 5.17. The van der Waals surface area contributed by atoms with Crippen LogP contribution >= 0.6 is 11.6 Å². The Balaban J connectivity index is 1.41. The summed E-state index contributed by atoms with van der Waals surface area (Å²) in [7, 11) is 0. The maximum absolute atomic E-state index is 13.0. The molecule has 1 amide bonds. The molecule has 1 saturated carbocycles. The van der Waals surface area contributed by atoms with Crippen LogP contribution in [0.3, 0.4) is 0 Å². The molecule has 3 aromatic rings. The number of H-pyrrole nitrogens is 1. The molecular weight excluding hydrogens is 388 g/mol. The van der Waals surface area contributed by atoms with Gasteiger partial charge in [0.2, 0.25) is 11.8 Å². The van der Waals surface area contributed by atoms with Crippen molar-refractivity contribution in [3.63, 3.8) is 0 Å². The van der Waals surface area contributed by atoms with Gasteiger partial charge in [0, 0.05) is 41.6 Å². The molecule has 2 N–H and O–H groups in total. The third-order valence-electron chi connectivity index (χ3n) is 4.93. The maximum atomic E-state index is 13.0. The first-order valence-corrected chi connectivity index (χ1v) is 9.23. The average Bonchev–Trinajstić information content (AvgIpc) is 3.28. The van der Waals surface area contributed by atoms with Gasteiger partial charge in [-0.05, 0) is 25.1 Å². The van der Waals surface area contributed by atoms with E-state index in [9.17, 15) is 13.6 Å². The molecule has 9 heteroatoms. The van der Waals surface area contributed by atoms with E-state index in [1.54, 1.807) is 42.2 Å². The summed E-state index contributed by atoms with van der Waals surface area (Å²) in [6, 6.07) is 8.85. The van der Waals surface area contributed by atoms with E-state index < -0.39 is 11.8 Å². The van der Waals surface area contributed by atoms with E-state index in [1.807, 2.05) is 12.1 Å². The molecule has 0 bridgehead atoms. The minimum Gasteiger partial charge on any atom is -0.311 e. The summed E-state index contributed by atoms with van der Waals surface area (Å²) in [5, 5.41) is 14.4. The summed E-state index contributed by atoms with van der Waals surface area (Å²) in [5.74, 6) is -3.20. The lowest BCUT2D eigenvalue weighted by atomic mass is 9.79. The van der Waals surface area contributed by atoms with Crippen molar-refractivity contribution in [2.24, 2.45) is 0 Å². The molecule has 1 aliphatic carbocycles. The van der Waals surface area contributed by atoms with Crippen molar-refractivity contribution < 1.29 is 13.6 Å². The predicted molar refractivity (Wildman–Crippen MR) is 101 cm³/mol. The Kier molecular flexibility index (Phi) is 4.66. The summed E-state index contributed by atoms with van der Waals surface area (Å²) in [6.45, 7) is 1.76. The van der Waals surface area contributed by atoms with E-state index in [-0.39, 0.29) is 24.7 Å². The zero-order valence-electron chi connectivity index (χ0n) is 15.0. The molecule has 6 nitrogen and oxygen atoms in total. The first kappa shape index (κ1) is 18.6. The van der Waals surface area contributed by atoms with Crippen molar-refractivity contribution in [3.05, 3.63) is 59.0 Å². The third kappa shape index (κ3) is 3.77. The number of aromatic nitrogens is 4. The second-order valence-corrected chi connectivity index (χ2v) is 7.51. The molecule has 1 aromatic carbocycles.